The maximum Gasteiger partial charge on any atom is 0.453 e. The van der Waals surface area contributed by atoms with Gasteiger partial charge in [-0.2, -0.15) is 18.4 Å². The molecule has 0 atom stereocenters. The van der Waals surface area contributed by atoms with Gasteiger partial charge < -0.3 is 10.7 Å². The number of hydrogen-bond acceptors (Lipinski definition) is 6. The van der Waals surface area contributed by atoms with Crippen LogP contribution in [0, 0.1) is 11.3 Å². The van der Waals surface area contributed by atoms with Crippen LogP contribution in [0.1, 0.15) is 12.2 Å². The van der Waals surface area contributed by atoms with Crippen molar-refractivity contribution in [2.75, 3.05) is 23.0 Å². The molecule has 25 heavy (non-hydrogen) atoms. The fourth-order valence-corrected chi connectivity index (χ4v) is 2.67. The number of carbonyl (C=O) groups excluding carboxylic acids is 1. The van der Waals surface area contributed by atoms with E-state index in [1.54, 1.807) is 30.3 Å². The quantitative estimate of drug-likeness (QED) is 0.617. The minimum atomic E-state index is -4.73. The third-order valence-corrected chi connectivity index (χ3v) is 3.99. The van der Waals surface area contributed by atoms with Crippen LogP contribution >= 0.6 is 11.8 Å². The van der Waals surface area contributed by atoms with E-state index in [1.807, 2.05) is 6.07 Å². The molecule has 2 aromatic rings. The number of nitrogens with two attached hydrogens (primary N) is 1. The van der Waals surface area contributed by atoms with E-state index < -0.39 is 12.0 Å². The summed E-state index contributed by atoms with van der Waals surface area (Å²) in [6.07, 6.45) is -4.61. The number of hydrogen-bond donors (Lipinski definition) is 1. The van der Waals surface area contributed by atoms with E-state index in [4.69, 9.17) is 11.1 Å². The predicted octanol–water partition coefficient (Wildman–Crippen LogP) is 2.05. The average Bonchev–Trinajstić information content (AvgIpc) is 2.95. The summed E-state index contributed by atoms with van der Waals surface area (Å²) in [5.74, 6) is 3.40. The molecule has 0 aliphatic carbocycles. The second-order valence-corrected chi connectivity index (χ2v) is 5.69. The highest BCUT2D eigenvalue weighted by molar-refractivity contribution is 7.99. The standard InChI is InChI=1S/C14H13F3N6OS/c15-14(16,17)12-20-21-13(23(12)19)25-9-11(24)22(8-4-7-18)10-5-2-1-3-6-10/h1-3,5-6H,4,8-9,19H2. The number of carbonyl (C=O) groups is 1. The number of para-hydroxylation sites is 1. The van der Waals surface area contributed by atoms with Gasteiger partial charge in [-0.1, -0.05) is 30.0 Å². The van der Waals surface area contributed by atoms with Crippen LogP contribution in [-0.4, -0.2) is 33.1 Å². The molecule has 132 valence electrons. The fourth-order valence-electron chi connectivity index (χ4n) is 1.94. The number of nitriles is 1. The van der Waals surface area contributed by atoms with E-state index in [1.165, 1.54) is 4.90 Å². The van der Waals surface area contributed by atoms with Crippen molar-refractivity contribution in [2.24, 2.45) is 0 Å². The van der Waals surface area contributed by atoms with Gasteiger partial charge in [0.15, 0.2) is 0 Å². The lowest BCUT2D eigenvalue weighted by Gasteiger charge is -2.21. The number of aromatic nitrogens is 3. The Morgan fingerprint density at radius 1 is 1.32 bits per heavy atom. The average molecular weight is 370 g/mol. The van der Waals surface area contributed by atoms with Crippen LogP contribution in [-0.2, 0) is 11.0 Å². The lowest BCUT2D eigenvalue weighted by atomic mass is 10.2. The first-order chi connectivity index (χ1) is 11.8. The molecule has 0 unspecified atom stereocenters. The number of nitrogen functional groups attached to an aromatic ring is 1. The molecule has 11 heteroatoms. The Morgan fingerprint density at radius 3 is 2.56 bits per heavy atom. The highest BCUT2D eigenvalue weighted by atomic mass is 32.2. The molecule has 0 bridgehead atoms. The molecule has 0 fully saturated rings. The first-order valence-electron chi connectivity index (χ1n) is 6.97. The van der Waals surface area contributed by atoms with Crippen LogP contribution in [0.2, 0.25) is 0 Å². The molecule has 1 heterocycles. The molecule has 7 nitrogen and oxygen atoms in total. The van der Waals surface area contributed by atoms with Gasteiger partial charge in [-0.25, -0.2) is 4.68 Å². The number of alkyl halides is 3. The van der Waals surface area contributed by atoms with E-state index >= 15 is 0 Å². The first kappa shape index (κ1) is 18.6. The van der Waals surface area contributed by atoms with E-state index in [9.17, 15) is 18.0 Å². The van der Waals surface area contributed by atoms with Gasteiger partial charge in [0.05, 0.1) is 18.2 Å². The Balaban J connectivity index is 2.09. The molecule has 0 aliphatic heterocycles. The number of nitrogens with zero attached hydrogens (tertiary/aromatic N) is 5. The third-order valence-electron chi connectivity index (χ3n) is 3.06. The third kappa shape index (κ3) is 4.63. The summed E-state index contributed by atoms with van der Waals surface area (Å²) in [6.45, 7) is 0.170. The number of halogens is 3. The zero-order chi connectivity index (χ0) is 18.4. The van der Waals surface area contributed by atoms with Crippen molar-refractivity contribution in [2.45, 2.75) is 17.8 Å². The molecule has 0 aliphatic rings. The summed E-state index contributed by atoms with van der Waals surface area (Å²) in [5.41, 5.74) is 0.591. The van der Waals surface area contributed by atoms with E-state index in [-0.39, 0.29) is 29.8 Å². The smallest absolute Gasteiger partial charge is 0.335 e. The lowest BCUT2D eigenvalue weighted by Crippen LogP contribution is -2.33. The van der Waals surface area contributed by atoms with Crippen LogP contribution in [0.25, 0.3) is 0 Å². The van der Waals surface area contributed by atoms with Crippen LogP contribution < -0.4 is 10.7 Å². The van der Waals surface area contributed by atoms with Gasteiger partial charge in [0.2, 0.25) is 11.1 Å². The fraction of sp³-hybridized carbons (Fsp3) is 0.286. The van der Waals surface area contributed by atoms with E-state index in [2.05, 4.69) is 10.2 Å². The summed E-state index contributed by atoms with van der Waals surface area (Å²) in [5, 5.41) is 14.8. The molecule has 0 radical (unpaired) electrons. The lowest BCUT2D eigenvalue weighted by molar-refractivity contribution is -0.146. The van der Waals surface area contributed by atoms with Crippen molar-refractivity contribution in [3.05, 3.63) is 36.2 Å². The van der Waals surface area contributed by atoms with Gasteiger partial charge in [-0.3, -0.25) is 4.79 Å². The summed E-state index contributed by atoms with van der Waals surface area (Å²) >= 11 is 0.739. The van der Waals surface area contributed by atoms with Gasteiger partial charge in [-0.15, -0.1) is 10.2 Å². The molecule has 0 spiro atoms. The Hall–Kier alpha value is -2.74. The van der Waals surface area contributed by atoms with Crippen LogP contribution in [0.3, 0.4) is 0 Å². The minimum absolute atomic E-state index is 0.122. The van der Waals surface area contributed by atoms with Gasteiger partial charge in [0.1, 0.15) is 0 Å². The number of rotatable bonds is 6. The second kappa shape index (κ2) is 7.89. The largest absolute Gasteiger partial charge is 0.453 e. The summed E-state index contributed by atoms with van der Waals surface area (Å²) in [4.78, 5) is 13.8. The maximum absolute atomic E-state index is 12.6. The monoisotopic (exact) mass is 370 g/mol. The molecule has 2 N–H and O–H groups in total. The van der Waals surface area contributed by atoms with Gasteiger partial charge in [0.25, 0.3) is 5.82 Å². The summed E-state index contributed by atoms with van der Waals surface area (Å²) in [6, 6.07) is 10.6. The molecule has 0 saturated carbocycles. The van der Waals surface area contributed by atoms with Gasteiger partial charge in [0, 0.05) is 12.2 Å². The number of anilines is 1. The number of amides is 1. The molecule has 0 saturated heterocycles. The molecule has 1 amide bonds. The highest BCUT2D eigenvalue weighted by Gasteiger charge is 2.38. The molecular formula is C14H13F3N6OS. The van der Waals surface area contributed by atoms with Crippen molar-refractivity contribution < 1.29 is 18.0 Å². The van der Waals surface area contributed by atoms with Crippen molar-refractivity contribution in [3.8, 4) is 6.07 Å². The molecular weight excluding hydrogens is 357 g/mol. The molecule has 2 rings (SSSR count). The highest BCUT2D eigenvalue weighted by Crippen LogP contribution is 2.29. The topological polar surface area (TPSA) is 101 Å². The van der Waals surface area contributed by atoms with E-state index in [0.717, 1.165) is 11.8 Å². The van der Waals surface area contributed by atoms with Gasteiger partial charge >= 0.3 is 6.18 Å². The van der Waals surface area contributed by atoms with Crippen molar-refractivity contribution in [1.29, 1.82) is 5.26 Å². The van der Waals surface area contributed by atoms with Crippen molar-refractivity contribution in [1.82, 2.24) is 14.9 Å². The first-order valence-corrected chi connectivity index (χ1v) is 7.96. The number of thioether (sulfide) groups is 1. The Kier molecular flexibility index (Phi) is 5.87. The zero-order valence-electron chi connectivity index (χ0n) is 12.8. The zero-order valence-corrected chi connectivity index (χ0v) is 13.6. The molecule has 1 aromatic heterocycles. The minimum Gasteiger partial charge on any atom is -0.335 e. The Bertz CT molecular complexity index is 771. The Morgan fingerprint density at radius 2 is 2.00 bits per heavy atom. The van der Waals surface area contributed by atoms with Crippen LogP contribution in [0.4, 0.5) is 18.9 Å². The van der Waals surface area contributed by atoms with Gasteiger partial charge in [-0.05, 0) is 12.1 Å². The van der Waals surface area contributed by atoms with E-state index in [0.29, 0.717) is 10.4 Å². The number of benzene rings is 1. The van der Waals surface area contributed by atoms with Crippen molar-refractivity contribution >= 4 is 23.4 Å². The molecule has 1 aromatic carbocycles. The maximum atomic E-state index is 12.6. The second-order valence-electron chi connectivity index (χ2n) is 4.75. The normalized spacial score (nSPS) is 11.1. The summed E-state index contributed by atoms with van der Waals surface area (Å²) in [7, 11) is 0. The summed E-state index contributed by atoms with van der Waals surface area (Å²) < 4.78 is 38.2. The SMILES string of the molecule is N#CCCN(C(=O)CSc1nnc(C(F)(F)F)n1N)c1ccccc1. The Labute approximate surface area is 145 Å². The van der Waals surface area contributed by atoms with Crippen LogP contribution in [0.15, 0.2) is 35.5 Å². The predicted molar refractivity (Wildman–Crippen MR) is 84.9 cm³/mol. The van der Waals surface area contributed by atoms with Crippen molar-refractivity contribution in [3.63, 3.8) is 0 Å². The van der Waals surface area contributed by atoms with Crippen LogP contribution in [0.5, 0.6) is 0 Å².